The van der Waals surface area contributed by atoms with Crippen molar-refractivity contribution in [1.82, 2.24) is 14.4 Å². The molecule has 0 bridgehead atoms. The third-order valence-electron chi connectivity index (χ3n) is 3.51. The second kappa shape index (κ2) is 5.14. The molecule has 1 N–H and O–H groups in total. The van der Waals surface area contributed by atoms with E-state index in [9.17, 15) is 5.11 Å². The Balaban J connectivity index is 2.09. The molecule has 2 aromatic heterocycles. The van der Waals surface area contributed by atoms with Crippen LogP contribution in [0.4, 0.5) is 0 Å². The van der Waals surface area contributed by atoms with Gasteiger partial charge in [-0.3, -0.25) is 4.40 Å². The molecule has 0 unspecified atom stereocenters. The predicted octanol–water partition coefficient (Wildman–Crippen LogP) is 1.12. The second-order valence-corrected chi connectivity index (χ2v) is 4.66. The summed E-state index contributed by atoms with van der Waals surface area (Å²) in [6.45, 7) is 1.43. The average molecular weight is 263 g/mol. The van der Waals surface area contributed by atoms with Crippen LogP contribution in [0.3, 0.4) is 0 Å². The molecule has 0 atom stereocenters. The number of hydrogen-bond donors (Lipinski definition) is 1. The van der Waals surface area contributed by atoms with Crippen molar-refractivity contribution in [3.8, 4) is 5.88 Å². The Hall–Kier alpha value is -1.66. The molecule has 0 spiro atoms. The summed E-state index contributed by atoms with van der Waals surface area (Å²) in [4.78, 5) is 8.75. The average Bonchev–Trinajstić information content (AvgIpc) is 2.90. The van der Waals surface area contributed by atoms with Crippen molar-refractivity contribution < 1.29 is 14.6 Å². The summed E-state index contributed by atoms with van der Waals surface area (Å²) >= 11 is 0. The summed E-state index contributed by atoms with van der Waals surface area (Å²) in [6.07, 6.45) is 5.55. The fraction of sp³-hybridized carbons (Fsp3) is 0.538. The molecule has 102 valence electrons. The monoisotopic (exact) mass is 263 g/mol. The fourth-order valence-electron chi connectivity index (χ4n) is 2.52. The molecule has 1 saturated heterocycles. The van der Waals surface area contributed by atoms with Gasteiger partial charge in [-0.15, -0.1) is 0 Å². The molecule has 0 aromatic carbocycles. The van der Waals surface area contributed by atoms with Crippen LogP contribution in [0.15, 0.2) is 12.4 Å². The quantitative estimate of drug-likeness (QED) is 0.898. The van der Waals surface area contributed by atoms with Crippen LogP contribution >= 0.6 is 0 Å². The number of rotatable bonds is 3. The van der Waals surface area contributed by atoms with Gasteiger partial charge in [-0.1, -0.05) is 0 Å². The van der Waals surface area contributed by atoms with Gasteiger partial charge in [0.2, 0.25) is 5.88 Å². The minimum Gasteiger partial charge on any atom is -0.479 e. The first kappa shape index (κ1) is 12.4. The highest BCUT2D eigenvalue weighted by molar-refractivity contribution is 5.56. The van der Waals surface area contributed by atoms with Gasteiger partial charge in [-0.05, 0) is 12.8 Å². The maximum atomic E-state index is 9.28. The number of ether oxygens (including phenoxy) is 2. The number of aliphatic hydroxyl groups is 1. The van der Waals surface area contributed by atoms with E-state index in [0.717, 1.165) is 37.4 Å². The molecule has 0 aliphatic carbocycles. The van der Waals surface area contributed by atoms with Crippen LogP contribution in [0.1, 0.15) is 30.3 Å². The largest absolute Gasteiger partial charge is 0.479 e. The Bertz CT molecular complexity index is 576. The van der Waals surface area contributed by atoms with Crippen molar-refractivity contribution >= 4 is 5.52 Å². The van der Waals surface area contributed by atoms with Crippen LogP contribution in [0, 0.1) is 0 Å². The molecule has 3 rings (SSSR count). The van der Waals surface area contributed by atoms with Crippen molar-refractivity contribution in [3.05, 3.63) is 23.9 Å². The van der Waals surface area contributed by atoms with Gasteiger partial charge in [0.25, 0.3) is 0 Å². The van der Waals surface area contributed by atoms with Crippen LogP contribution < -0.4 is 4.74 Å². The molecule has 6 nitrogen and oxygen atoms in total. The van der Waals surface area contributed by atoms with E-state index < -0.39 is 0 Å². The van der Waals surface area contributed by atoms with E-state index in [-0.39, 0.29) is 6.61 Å². The Morgan fingerprint density at radius 1 is 1.47 bits per heavy atom. The van der Waals surface area contributed by atoms with Crippen LogP contribution in [0.25, 0.3) is 5.52 Å². The lowest BCUT2D eigenvalue weighted by molar-refractivity contribution is 0.0834. The Labute approximate surface area is 111 Å². The van der Waals surface area contributed by atoms with Gasteiger partial charge < -0.3 is 14.6 Å². The van der Waals surface area contributed by atoms with Crippen molar-refractivity contribution in [1.29, 1.82) is 0 Å². The molecule has 2 aromatic rings. The van der Waals surface area contributed by atoms with E-state index in [2.05, 4.69) is 9.97 Å². The summed E-state index contributed by atoms with van der Waals surface area (Å²) in [5.41, 5.74) is 1.41. The first-order valence-electron chi connectivity index (χ1n) is 6.43. The first-order valence-corrected chi connectivity index (χ1v) is 6.43. The highest BCUT2D eigenvalue weighted by Crippen LogP contribution is 2.28. The third-order valence-corrected chi connectivity index (χ3v) is 3.51. The van der Waals surface area contributed by atoms with E-state index >= 15 is 0 Å². The maximum absolute atomic E-state index is 9.28. The first-order chi connectivity index (χ1) is 9.33. The SMILES string of the molecule is COc1nc(CO)cn2c(C3CCOCC3)ncc12. The van der Waals surface area contributed by atoms with Gasteiger partial charge in [-0.25, -0.2) is 9.97 Å². The van der Waals surface area contributed by atoms with Gasteiger partial charge in [-0.2, -0.15) is 0 Å². The number of methoxy groups -OCH3 is 1. The number of hydrogen-bond acceptors (Lipinski definition) is 5. The number of imidazole rings is 1. The van der Waals surface area contributed by atoms with Crippen LogP contribution in [-0.4, -0.2) is 39.8 Å². The summed E-state index contributed by atoms with van der Waals surface area (Å²) in [5, 5.41) is 9.28. The number of aromatic nitrogens is 3. The minimum absolute atomic E-state index is 0.113. The fourth-order valence-corrected chi connectivity index (χ4v) is 2.52. The van der Waals surface area contributed by atoms with Gasteiger partial charge >= 0.3 is 0 Å². The molecule has 0 radical (unpaired) electrons. The molecule has 6 heteroatoms. The van der Waals surface area contributed by atoms with Crippen molar-refractivity contribution in [2.75, 3.05) is 20.3 Å². The Kier molecular flexibility index (Phi) is 3.35. The van der Waals surface area contributed by atoms with Gasteiger partial charge in [0, 0.05) is 25.3 Å². The smallest absolute Gasteiger partial charge is 0.240 e. The molecular formula is C13H17N3O3. The molecule has 19 heavy (non-hydrogen) atoms. The second-order valence-electron chi connectivity index (χ2n) is 4.66. The minimum atomic E-state index is -0.113. The zero-order valence-corrected chi connectivity index (χ0v) is 10.9. The van der Waals surface area contributed by atoms with E-state index in [1.807, 2.05) is 10.6 Å². The zero-order valence-electron chi connectivity index (χ0n) is 10.9. The van der Waals surface area contributed by atoms with Crippen LogP contribution in [0.2, 0.25) is 0 Å². The standard InChI is InChI=1S/C13H17N3O3/c1-18-13-11-6-14-12(9-2-4-19-5-3-9)16(11)7-10(8-17)15-13/h6-7,9,17H,2-5,8H2,1H3. The maximum Gasteiger partial charge on any atom is 0.240 e. The summed E-state index contributed by atoms with van der Waals surface area (Å²) < 4.78 is 12.6. The van der Waals surface area contributed by atoms with E-state index in [1.54, 1.807) is 13.3 Å². The topological polar surface area (TPSA) is 68.9 Å². The van der Waals surface area contributed by atoms with Crippen molar-refractivity contribution in [2.45, 2.75) is 25.4 Å². The lowest BCUT2D eigenvalue weighted by atomic mass is 10.00. The molecule has 0 amide bonds. The normalized spacial score (nSPS) is 16.9. The van der Waals surface area contributed by atoms with Gasteiger partial charge in [0.1, 0.15) is 11.3 Å². The Morgan fingerprint density at radius 2 is 2.26 bits per heavy atom. The summed E-state index contributed by atoms with van der Waals surface area (Å²) in [7, 11) is 1.57. The lowest BCUT2D eigenvalue weighted by Gasteiger charge is -2.21. The van der Waals surface area contributed by atoms with E-state index in [1.165, 1.54) is 0 Å². The number of nitrogens with zero attached hydrogens (tertiary/aromatic N) is 3. The highest BCUT2D eigenvalue weighted by Gasteiger charge is 2.21. The summed E-state index contributed by atoms with van der Waals surface area (Å²) in [5.74, 6) is 1.88. The summed E-state index contributed by atoms with van der Waals surface area (Å²) in [6, 6.07) is 0. The van der Waals surface area contributed by atoms with Crippen LogP contribution in [0.5, 0.6) is 5.88 Å². The predicted molar refractivity (Wildman–Crippen MR) is 68.3 cm³/mol. The molecule has 0 saturated carbocycles. The lowest BCUT2D eigenvalue weighted by Crippen LogP contribution is -2.16. The number of fused-ring (bicyclic) bond motifs is 1. The third kappa shape index (κ3) is 2.17. The molecule has 1 fully saturated rings. The van der Waals surface area contributed by atoms with Gasteiger partial charge in [0.15, 0.2) is 0 Å². The highest BCUT2D eigenvalue weighted by atomic mass is 16.5. The zero-order chi connectivity index (χ0) is 13.2. The van der Waals surface area contributed by atoms with Crippen molar-refractivity contribution in [2.24, 2.45) is 0 Å². The van der Waals surface area contributed by atoms with Gasteiger partial charge in [0.05, 0.1) is 25.6 Å². The molecular weight excluding hydrogens is 246 g/mol. The Morgan fingerprint density at radius 3 is 2.95 bits per heavy atom. The van der Waals surface area contributed by atoms with Crippen molar-refractivity contribution in [3.63, 3.8) is 0 Å². The molecule has 1 aliphatic rings. The molecule has 1 aliphatic heterocycles. The van der Waals surface area contributed by atoms with E-state index in [4.69, 9.17) is 9.47 Å². The number of aliphatic hydroxyl groups excluding tert-OH is 1. The molecule has 3 heterocycles. The van der Waals surface area contributed by atoms with E-state index in [0.29, 0.717) is 17.5 Å². The van der Waals surface area contributed by atoms with Crippen LogP contribution in [-0.2, 0) is 11.3 Å².